The first-order valence-electron chi connectivity index (χ1n) is 19.6. The minimum Gasteiger partial charge on any atom is -0.504 e. The van der Waals surface area contributed by atoms with E-state index in [0.717, 1.165) is 39.0 Å². The van der Waals surface area contributed by atoms with Crippen LogP contribution >= 0.6 is 11.8 Å². The second-order valence-corrected chi connectivity index (χ2v) is 17.3. The van der Waals surface area contributed by atoms with E-state index in [1.165, 1.54) is 14.0 Å². The van der Waals surface area contributed by atoms with Crippen LogP contribution in [0.25, 0.3) is 10.9 Å². The summed E-state index contributed by atoms with van der Waals surface area (Å²) in [6, 6.07) is 5.94. The Morgan fingerprint density at radius 3 is 2.50 bits per heavy atom. The molecule has 1 spiro atoms. The van der Waals surface area contributed by atoms with E-state index >= 15 is 4.79 Å². The lowest BCUT2D eigenvalue weighted by Gasteiger charge is -2.48. The first-order chi connectivity index (χ1) is 27.7. The Morgan fingerprint density at radius 2 is 1.79 bits per heavy atom. The van der Waals surface area contributed by atoms with Crippen LogP contribution in [-0.4, -0.2) is 108 Å². The maximum Gasteiger partial charge on any atom is 0.333 e. The number of aliphatic hydroxyl groups is 1. The van der Waals surface area contributed by atoms with Crippen molar-refractivity contribution in [3.8, 4) is 34.5 Å². The minimum atomic E-state index is -1.27. The SMILES string of the molecule is COc1ccc2[nH]c3c(c2c1)CCN[C@]31CS[C@H](C)[C@H]2[C@@H](N(C)C)c3c(cc(C)c(OC)c3O)C[C@H](O)N2[C@H](c2c(C)c(OC(C)=O)c(C)c3c2OCO3)COC1=O. The normalized spacial score (nSPS) is 25.8. The number of rotatable bonds is 5. The number of hydrogen-bond donors (Lipinski definition) is 4. The van der Waals surface area contributed by atoms with E-state index in [1.807, 2.05) is 57.1 Å². The van der Waals surface area contributed by atoms with Crippen molar-refractivity contribution in [2.75, 3.05) is 54.0 Å². The molecule has 1 saturated heterocycles. The highest BCUT2D eigenvalue weighted by Crippen LogP contribution is 2.54. The summed E-state index contributed by atoms with van der Waals surface area (Å²) in [6.45, 7) is 9.21. The molecule has 4 aliphatic heterocycles. The van der Waals surface area contributed by atoms with Gasteiger partial charge in [0.05, 0.1) is 32.0 Å². The Bertz CT molecular complexity index is 2310. The molecule has 0 radical (unpaired) electrons. The van der Waals surface area contributed by atoms with Gasteiger partial charge in [0.15, 0.2) is 28.5 Å². The molecule has 4 aromatic rings. The molecular formula is C43H52N4O10S. The first kappa shape index (κ1) is 40.1. The van der Waals surface area contributed by atoms with E-state index in [0.29, 0.717) is 64.0 Å². The monoisotopic (exact) mass is 816 g/mol. The first-order valence-corrected chi connectivity index (χ1v) is 20.6. The van der Waals surface area contributed by atoms with Crippen molar-refractivity contribution >= 4 is 34.6 Å². The number of H-pyrrole nitrogens is 1. The summed E-state index contributed by atoms with van der Waals surface area (Å²) in [5.41, 5.74) is 5.29. The molecule has 4 aliphatic rings. The van der Waals surface area contributed by atoms with Crippen LogP contribution in [-0.2, 0) is 32.7 Å². The number of fused-ring (bicyclic) bond motifs is 7. The fourth-order valence-corrected chi connectivity index (χ4v) is 11.2. The standard InChI is InChI=1S/C43H52N4O10S/c1-20-14-25-15-31(49)47-30(32-21(2)38(57-24(5)48)22(3)39-40(32)56-19-55-39)17-54-42(51)43(41-27(12-13-44-43)28-16-26(52-8)10-11-29(28)45-41)18-58-23(4)34(47)35(46(6)7)33(25)36(50)37(20)53-9/h10-11,14,16,23,30-31,34-35,44-45,49-50H,12-13,15,17-19H2,1-9H3/t23-,30+,31+,34+,35+,43-/m1/s1. The zero-order chi connectivity index (χ0) is 41.4. The average Bonchev–Trinajstić information content (AvgIpc) is 3.80. The summed E-state index contributed by atoms with van der Waals surface area (Å²) in [5, 5.41) is 29.1. The largest absolute Gasteiger partial charge is 0.504 e. The number of hydrogen-bond acceptors (Lipinski definition) is 14. The van der Waals surface area contributed by atoms with Crippen LogP contribution in [0.15, 0.2) is 24.3 Å². The van der Waals surface area contributed by atoms with Gasteiger partial charge in [-0.3, -0.25) is 15.0 Å². The molecule has 15 heteroatoms. The maximum atomic E-state index is 15.0. The van der Waals surface area contributed by atoms with Crippen LogP contribution < -0.4 is 29.0 Å². The Labute approximate surface area is 342 Å². The third-order valence-electron chi connectivity index (χ3n) is 12.4. The summed E-state index contributed by atoms with van der Waals surface area (Å²) in [4.78, 5) is 35.3. The molecule has 14 nitrogen and oxygen atoms in total. The van der Waals surface area contributed by atoms with Crippen LogP contribution in [0.2, 0.25) is 0 Å². The lowest BCUT2D eigenvalue weighted by molar-refractivity contribution is -0.157. The van der Waals surface area contributed by atoms with Gasteiger partial charge in [0.1, 0.15) is 24.3 Å². The molecule has 3 aromatic carbocycles. The Morgan fingerprint density at radius 1 is 1.03 bits per heavy atom. The van der Waals surface area contributed by atoms with Gasteiger partial charge in [-0.15, -0.1) is 0 Å². The number of aliphatic hydroxyl groups excluding tert-OH is 1. The molecule has 8 rings (SSSR count). The van der Waals surface area contributed by atoms with E-state index in [9.17, 15) is 15.0 Å². The second-order valence-electron chi connectivity index (χ2n) is 15.9. The number of aryl methyl sites for hydroxylation is 1. The van der Waals surface area contributed by atoms with Crippen molar-refractivity contribution in [1.82, 2.24) is 20.1 Å². The fourth-order valence-electron chi connectivity index (χ4n) is 9.84. The number of nitrogens with one attached hydrogen (secondary N) is 2. The van der Waals surface area contributed by atoms with Crippen LogP contribution in [0.1, 0.15) is 70.6 Å². The number of nitrogens with zero attached hydrogens (tertiary/aromatic N) is 2. The van der Waals surface area contributed by atoms with Crippen molar-refractivity contribution in [3.63, 3.8) is 0 Å². The number of phenolic OH excluding ortho intramolecular Hbond substituents is 1. The van der Waals surface area contributed by atoms with Gasteiger partial charge in [0.25, 0.3) is 0 Å². The van der Waals surface area contributed by atoms with Gasteiger partial charge in [-0.25, -0.2) is 4.79 Å². The number of carbonyl (C=O) groups is 2. The van der Waals surface area contributed by atoms with E-state index < -0.39 is 41.8 Å². The highest BCUT2D eigenvalue weighted by atomic mass is 32.2. The molecular weight excluding hydrogens is 765 g/mol. The molecule has 310 valence electrons. The summed E-state index contributed by atoms with van der Waals surface area (Å²) >= 11 is 1.59. The van der Waals surface area contributed by atoms with Crippen molar-refractivity contribution in [2.45, 2.75) is 82.6 Å². The van der Waals surface area contributed by atoms with Crippen molar-refractivity contribution in [2.24, 2.45) is 0 Å². The molecule has 0 bridgehead atoms. The smallest absolute Gasteiger partial charge is 0.333 e. The number of aromatic nitrogens is 1. The summed E-state index contributed by atoms with van der Waals surface area (Å²) in [6.07, 6.45) is -0.307. The van der Waals surface area contributed by atoms with E-state index in [-0.39, 0.29) is 30.8 Å². The molecule has 4 N–H and O–H groups in total. The molecule has 1 fully saturated rings. The van der Waals surface area contributed by atoms with Gasteiger partial charge in [0.2, 0.25) is 6.79 Å². The van der Waals surface area contributed by atoms with Crippen LogP contribution in [0.3, 0.4) is 0 Å². The Balaban J connectivity index is 1.37. The number of benzene rings is 3. The predicted molar refractivity (Wildman–Crippen MR) is 218 cm³/mol. The van der Waals surface area contributed by atoms with Crippen LogP contribution in [0.5, 0.6) is 34.5 Å². The van der Waals surface area contributed by atoms with Gasteiger partial charge in [-0.2, -0.15) is 11.8 Å². The van der Waals surface area contributed by atoms with E-state index in [1.54, 1.807) is 25.8 Å². The number of cyclic esters (lactones) is 1. The maximum absolute atomic E-state index is 15.0. The number of likely N-dealkylation sites (N-methyl/N-ethyl adjacent to an activating group) is 1. The second kappa shape index (κ2) is 15.2. The van der Waals surface area contributed by atoms with E-state index in [4.69, 9.17) is 28.4 Å². The highest BCUT2D eigenvalue weighted by Gasteiger charge is 2.53. The molecule has 0 saturated carbocycles. The number of esters is 2. The molecule has 6 atom stereocenters. The van der Waals surface area contributed by atoms with Gasteiger partial charge < -0.3 is 48.5 Å². The number of aromatic amines is 1. The molecule has 0 amide bonds. The third kappa shape index (κ3) is 6.24. The average molecular weight is 817 g/mol. The predicted octanol–water partition coefficient (Wildman–Crippen LogP) is 5.08. The molecule has 1 aromatic heterocycles. The van der Waals surface area contributed by atoms with Crippen LogP contribution in [0, 0.1) is 20.8 Å². The number of carbonyl (C=O) groups excluding carboxylic acids is 2. The number of ether oxygens (including phenoxy) is 6. The highest BCUT2D eigenvalue weighted by molar-refractivity contribution is 8.00. The van der Waals surface area contributed by atoms with Gasteiger partial charge >= 0.3 is 11.9 Å². The third-order valence-corrected chi connectivity index (χ3v) is 13.8. The lowest BCUT2D eigenvalue weighted by Crippen LogP contribution is -2.59. The van der Waals surface area contributed by atoms with Gasteiger partial charge in [-0.05, 0) is 76.2 Å². The quantitative estimate of drug-likeness (QED) is 0.156. The van der Waals surface area contributed by atoms with Crippen molar-refractivity contribution < 1.29 is 48.2 Å². The minimum absolute atomic E-state index is 0.0207. The Hall–Kier alpha value is -4.67. The lowest BCUT2D eigenvalue weighted by atomic mass is 9.87. The molecule has 0 aliphatic carbocycles. The fraction of sp³-hybridized carbons (Fsp3) is 0.488. The van der Waals surface area contributed by atoms with E-state index in [2.05, 4.69) is 22.1 Å². The molecule has 5 heterocycles. The molecule has 0 unspecified atom stereocenters. The number of aromatic hydroxyl groups is 1. The van der Waals surface area contributed by atoms with Crippen molar-refractivity contribution in [1.29, 1.82) is 0 Å². The topological polar surface area (TPSA) is 164 Å². The summed E-state index contributed by atoms with van der Waals surface area (Å²) in [5.74, 6) is 1.59. The molecule has 58 heavy (non-hydrogen) atoms. The number of phenols is 1. The summed E-state index contributed by atoms with van der Waals surface area (Å²) < 4.78 is 36.0. The number of thioether (sulfide) groups is 1. The van der Waals surface area contributed by atoms with Gasteiger partial charge in [-0.1, -0.05) is 13.0 Å². The Kier molecular flexibility index (Phi) is 10.5. The van der Waals surface area contributed by atoms with Crippen LogP contribution in [0.4, 0.5) is 0 Å². The zero-order valence-corrected chi connectivity index (χ0v) is 35.2. The van der Waals surface area contributed by atoms with Gasteiger partial charge in [0, 0.05) is 70.1 Å². The number of methoxy groups -OCH3 is 2. The summed E-state index contributed by atoms with van der Waals surface area (Å²) in [7, 11) is 7.10. The zero-order valence-electron chi connectivity index (χ0n) is 34.4. The van der Waals surface area contributed by atoms with Crippen molar-refractivity contribution in [3.05, 3.63) is 68.9 Å².